The monoisotopic (exact) mass is 724 g/mol. The van der Waals surface area contributed by atoms with Gasteiger partial charge in [0.25, 0.3) is 5.91 Å². The van der Waals surface area contributed by atoms with E-state index in [4.69, 9.17) is 9.47 Å². The Morgan fingerprint density at radius 3 is 2.50 bits per heavy atom. The van der Waals surface area contributed by atoms with E-state index in [1.54, 1.807) is 23.0 Å². The molecule has 0 saturated carbocycles. The average Bonchev–Trinajstić information content (AvgIpc) is 3.44. The standard InChI is InChI=1S/C35H41IN2O5Si/c1-6-18-38-30-17-12-26(36)21-29(30)35(34(38)41)24(2)33(44(4,5)28-15-13-27(42-3)14-16-28)31(43-35)22-32(40)37(19-20-39)23-25-10-8-7-9-11-25/h6-17,21,24,31,33,39H,1,18-20,22-23H2,2-5H3/t24-,31+,33-,35+/m0/s1. The van der Waals surface area contributed by atoms with Crippen LogP contribution in [0.1, 0.15) is 24.5 Å². The number of carbonyl (C=O) groups excluding carboxylic acids is 2. The normalized spacial score (nSPS) is 22.7. The number of rotatable bonds is 11. The number of carbonyl (C=O) groups is 2. The highest BCUT2D eigenvalue weighted by Gasteiger charge is 2.66. The summed E-state index contributed by atoms with van der Waals surface area (Å²) in [5.41, 5.74) is 1.41. The van der Waals surface area contributed by atoms with Gasteiger partial charge in [0.1, 0.15) is 5.75 Å². The Hall–Kier alpha value is -2.99. The second-order valence-electron chi connectivity index (χ2n) is 12.3. The first kappa shape index (κ1) is 32.4. The van der Waals surface area contributed by atoms with E-state index in [0.29, 0.717) is 13.1 Å². The van der Waals surface area contributed by atoms with E-state index < -0.39 is 19.8 Å². The Morgan fingerprint density at radius 1 is 1.16 bits per heavy atom. The third kappa shape index (κ3) is 5.75. The second kappa shape index (κ2) is 13.2. The van der Waals surface area contributed by atoms with Gasteiger partial charge in [-0.25, -0.2) is 0 Å². The molecule has 0 bridgehead atoms. The molecule has 2 heterocycles. The molecule has 0 unspecified atom stereocenters. The molecule has 1 N–H and O–H groups in total. The Kier molecular flexibility index (Phi) is 9.69. The number of ether oxygens (including phenoxy) is 2. The molecule has 2 aliphatic rings. The highest BCUT2D eigenvalue weighted by Crippen LogP contribution is 2.60. The molecule has 9 heteroatoms. The maximum absolute atomic E-state index is 14.5. The fourth-order valence-electron chi connectivity index (χ4n) is 7.31. The number of nitrogens with zero attached hydrogens (tertiary/aromatic N) is 2. The summed E-state index contributed by atoms with van der Waals surface area (Å²) in [5.74, 6) is 0.382. The number of fused-ring (bicyclic) bond motifs is 2. The third-order valence-electron chi connectivity index (χ3n) is 9.42. The lowest BCUT2D eigenvalue weighted by molar-refractivity contribution is -0.149. The van der Waals surface area contributed by atoms with Crippen molar-refractivity contribution in [2.75, 3.05) is 31.7 Å². The summed E-state index contributed by atoms with van der Waals surface area (Å²) in [6.07, 6.45) is 1.35. The Morgan fingerprint density at radius 2 is 1.86 bits per heavy atom. The molecule has 0 aromatic heterocycles. The first-order chi connectivity index (χ1) is 21.1. The van der Waals surface area contributed by atoms with Gasteiger partial charge >= 0.3 is 0 Å². The fraction of sp³-hybridized carbons (Fsp3) is 0.371. The van der Waals surface area contributed by atoms with Crippen molar-refractivity contribution in [3.63, 3.8) is 0 Å². The number of halogens is 1. The predicted molar refractivity (Wildman–Crippen MR) is 185 cm³/mol. The molecule has 7 nitrogen and oxygen atoms in total. The second-order valence-corrected chi connectivity index (χ2v) is 18.2. The number of anilines is 1. The molecular formula is C35H41IN2O5Si. The van der Waals surface area contributed by atoms with Crippen LogP contribution in [0, 0.1) is 9.49 Å². The number of benzene rings is 3. The first-order valence-corrected chi connectivity index (χ1v) is 19.2. The van der Waals surface area contributed by atoms with Gasteiger partial charge in [0.15, 0.2) is 5.60 Å². The quantitative estimate of drug-likeness (QED) is 0.162. The van der Waals surface area contributed by atoms with E-state index >= 15 is 0 Å². The molecule has 1 fully saturated rings. The summed E-state index contributed by atoms with van der Waals surface area (Å²) >= 11 is 2.28. The maximum atomic E-state index is 14.5. The minimum atomic E-state index is -2.39. The van der Waals surface area contributed by atoms with Crippen LogP contribution in [0.5, 0.6) is 5.75 Å². The van der Waals surface area contributed by atoms with Crippen LogP contribution >= 0.6 is 22.6 Å². The first-order valence-electron chi connectivity index (χ1n) is 15.1. The zero-order valence-corrected chi connectivity index (χ0v) is 29.0. The fourth-order valence-corrected chi connectivity index (χ4v) is 11.8. The maximum Gasteiger partial charge on any atom is 0.264 e. The van der Waals surface area contributed by atoms with Crippen molar-refractivity contribution < 1.29 is 24.2 Å². The number of amides is 2. The van der Waals surface area contributed by atoms with Crippen molar-refractivity contribution >= 4 is 53.4 Å². The Labute approximate surface area is 275 Å². The molecule has 2 aliphatic heterocycles. The van der Waals surface area contributed by atoms with E-state index in [2.05, 4.69) is 67.4 Å². The van der Waals surface area contributed by atoms with E-state index in [0.717, 1.165) is 26.1 Å². The van der Waals surface area contributed by atoms with Gasteiger partial charge < -0.3 is 24.4 Å². The molecule has 1 saturated heterocycles. The molecule has 232 valence electrons. The number of aliphatic hydroxyl groups excluding tert-OH is 1. The molecular weight excluding hydrogens is 683 g/mol. The summed E-state index contributed by atoms with van der Waals surface area (Å²) in [7, 11) is -0.739. The largest absolute Gasteiger partial charge is 0.497 e. The summed E-state index contributed by atoms with van der Waals surface area (Å²) < 4.78 is 13.5. The number of hydrogen-bond acceptors (Lipinski definition) is 5. The zero-order chi connectivity index (χ0) is 31.6. The van der Waals surface area contributed by atoms with E-state index in [-0.39, 0.29) is 42.8 Å². The van der Waals surface area contributed by atoms with Crippen molar-refractivity contribution in [3.05, 3.63) is 100 Å². The number of hydrogen-bond donors (Lipinski definition) is 1. The van der Waals surface area contributed by atoms with Crippen LogP contribution in [-0.4, -0.2) is 62.8 Å². The van der Waals surface area contributed by atoms with Gasteiger partial charge in [-0.05, 0) is 64.0 Å². The lowest BCUT2D eigenvalue weighted by Gasteiger charge is -2.37. The van der Waals surface area contributed by atoms with Crippen LogP contribution in [0.15, 0.2) is 85.5 Å². The summed E-state index contributed by atoms with van der Waals surface area (Å²) in [5, 5.41) is 11.1. The van der Waals surface area contributed by atoms with E-state index in [1.807, 2.05) is 54.6 Å². The van der Waals surface area contributed by atoms with Crippen LogP contribution in [0.2, 0.25) is 18.6 Å². The van der Waals surface area contributed by atoms with E-state index in [9.17, 15) is 14.7 Å². The molecule has 5 rings (SSSR count). The zero-order valence-electron chi connectivity index (χ0n) is 25.8. The topological polar surface area (TPSA) is 79.3 Å². The number of aliphatic hydroxyl groups is 1. The lowest BCUT2D eigenvalue weighted by Crippen LogP contribution is -2.52. The number of methoxy groups -OCH3 is 1. The summed E-state index contributed by atoms with van der Waals surface area (Å²) in [6, 6.07) is 24.0. The minimum Gasteiger partial charge on any atom is -0.497 e. The van der Waals surface area contributed by atoms with Crippen LogP contribution in [0.3, 0.4) is 0 Å². The summed E-state index contributed by atoms with van der Waals surface area (Å²) in [4.78, 5) is 32.1. The molecule has 3 aromatic carbocycles. The molecule has 0 aliphatic carbocycles. The highest BCUT2D eigenvalue weighted by molar-refractivity contribution is 14.1. The van der Waals surface area contributed by atoms with Crippen molar-refractivity contribution in [3.8, 4) is 5.75 Å². The van der Waals surface area contributed by atoms with E-state index in [1.165, 1.54) is 5.19 Å². The van der Waals surface area contributed by atoms with Gasteiger partial charge in [-0.2, -0.15) is 0 Å². The average molecular weight is 725 g/mol. The van der Waals surface area contributed by atoms with Gasteiger partial charge in [-0.1, -0.05) is 73.7 Å². The van der Waals surface area contributed by atoms with Crippen molar-refractivity contribution in [2.45, 2.75) is 50.2 Å². The van der Waals surface area contributed by atoms with Gasteiger partial charge in [0, 0.05) is 34.7 Å². The molecule has 3 aromatic rings. The predicted octanol–water partition coefficient (Wildman–Crippen LogP) is 5.46. The van der Waals surface area contributed by atoms with Crippen molar-refractivity contribution in [2.24, 2.45) is 5.92 Å². The van der Waals surface area contributed by atoms with Crippen molar-refractivity contribution in [1.82, 2.24) is 4.90 Å². The molecule has 2 amide bonds. The molecule has 0 radical (unpaired) electrons. The summed E-state index contributed by atoms with van der Waals surface area (Å²) in [6.45, 7) is 11.5. The third-order valence-corrected chi connectivity index (χ3v) is 14.5. The molecule has 44 heavy (non-hydrogen) atoms. The van der Waals surface area contributed by atoms with Crippen molar-refractivity contribution in [1.29, 1.82) is 0 Å². The van der Waals surface area contributed by atoms with Gasteiger partial charge in [-0.3, -0.25) is 9.59 Å². The SMILES string of the molecule is C=CCN1C(=O)[C@]2(O[C@H](CC(=O)N(CCO)Cc3ccccc3)[C@@H]([Si](C)(C)c3ccc(OC)cc3)[C@@H]2C)c2cc(I)ccc21. The molecule has 4 atom stereocenters. The minimum absolute atomic E-state index is 0.0640. The van der Waals surface area contributed by atoms with Crippen LogP contribution in [0.4, 0.5) is 5.69 Å². The van der Waals surface area contributed by atoms with Crippen LogP contribution in [0.25, 0.3) is 0 Å². The highest BCUT2D eigenvalue weighted by atomic mass is 127. The van der Waals surface area contributed by atoms with Gasteiger partial charge in [0.2, 0.25) is 5.91 Å². The molecule has 1 spiro atoms. The van der Waals surface area contributed by atoms with Gasteiger partial charge in [-0.15, -0.1) is 6.58 Å². The van der Waals surface area contributed by atoms with Gasteiger partial charge in [0.05, 0.1) is 40.0 Å². The Balaban J connectivity index is 1.58. The lowest BCUT2D eigenvalue weighted by atomic mass is 9.82. The van der Waals surface area contributed by atoms with Crippen LogP contribution in [-0.2, 0) is 26.5 Å². The smallest absolute Gasteiger partial charge is 0.264 e. The van der Waals surface area contributed by atoms with Crippen LogP contribution < -0.4 is 14.8 Å². The Bertz CT molecular complexity index is 1520.